The number of hydrogen-bond acceptors (Lipinski definition) is 5. The Morgan fingerprint density at radius 2 is 1.70 bits per heavy atom. The highest BCUT2D eigenvalue weighted by Crippen LogP contribution is 2.29. The molecule has 33 heavy (non-hydrogen) atoms. The van der Waals surface area contributed by atoms with Crippen LogP contribution in [0.25, 0.3) is 16.8 Å². The quantitative estimate of drug-likeness (QED) is 0.626. The van der Waals surface area contributed by atoms with E-state index in [1.807, 2.05) is 32.3 Å². The number of rotatable bonds is 4. The Morgan fingerprint density at radius 1 is 0.970 bits per heavy atom. The molecule has 0 saturated heterocycles. The van der Waals surface area contributed by atoms with Crippen molar-refractivity contribution in [3.8, 4) is 11.1 Å². The molecule has 3 aromatic rings. The molecule has 2 aliphatic rings. The number of allylic oxidation sites excluding steroid dienone is 3. The van der Waals surface area contributed by atoms with Gasteiger partial charge in [-0.1, -0.05) is 18.2 Å². The van der Waals surface area contributed by atoms with Gasteiger partial charge in [0.15, 0.2) is 0 Å². The van der Waals surface area contributed by atoms with Gasteiger partial charge in [-0.3, -0.25) is 9.97 Å². The fourth-order valence-corrected chi connectivity index (χ4v) is 4.61. The highest BCUT2D eigenvalue weighted by Gasteiger charge is 2.25. The molecule has 4 heterocycles. The summed E-state index contributed by atoms with van der Waals surface area (Å²) in [5, 5.41) is 3.55. The van der Waals surface area contributed by atoms with Gasteiger partial charge in [0.25, 0.3) is 0 Å². The van der Waals surface area contributed by atoms with Crippen LogP contribution in [0.5, 0.6) is 0 Å². The van der Waals surface area contributed by atoms with E-state index in [0.717, 1.165) is 35.7 Å². The highest BCUT2D eigenvalue weighted by atomic mass is 15.2. The van der Waals surface area contributed by atoms with Crippen molar-refractivity contribution in [2.24, 2.45) is 5.73 Å². The van der Waals surface area contributed by atoms with Crippen molar-refractivity contribution in [3.63, 3.8) is 0 Å². The van der Waals surface area contributed by atoms with Gasteiger partial charge in [-0.2, -0.15) is 0 Å². The van der Waals surface area contributed by atoms with Crippen LogP contribution in [0, 0.1) is 20.8 Å². The van der Waals surface area contributed by atoms with E-state index in [9.17, 15) is 0 Å². The summed E-state index contributed by atoms with van der Waals surface area (Å²) in [6.45, 7) is 7.71. The molecule has 0 bridgehead atoms. The normalized spacial score (nSPS) is 17.5. The standard InChI is InChI=1S/C28H29N5/c1-18-12-21(4-5-25(18)22-6-9-30-19(2)13-22)17-33-11-8-23-15-27(32-16-26(23)28(33)29)24-7-10-31-20(3)14-24/h4-15,28,32H,16-17,29H2,1-3H3. The largest absolute Gasteiger partial charge is 0.381 e. The molecule has 0 aliphatic carbocycles. The lowest BCUT2D eigenvalue weighted by Crippen LogP contribution is -2.45. The molecule has 1 unspecified atom stereocenters. The van der Waals surface area contributed by atoms with Crippen LogP contribution < -0.4 is 11.1 Å². The number of hydrogen-bond donors (Lipinski definition) is 2. The van der Waals surface area contributed by atoms with E-state index in [0.29, 0.717) is 0 Å². The first kappa shape index (κ1) is 21.2. The lowest BCUT2D eigenvalue weighted by Gasteiger charge is -2.36. The second-order valence-electron chi connectivity index (χ2n) is 8.85. The summed E-state index contributed by atoms with van der Waals surface area (Å²) in [6.07, 6.45) is 10.1. The van der Waals surface area contributed by atoms with E-state index in [1.165, 1.54) is 33.4 Å². The zero-order valence-corrected chi connectivity index (χ0v) is 19.3. The molecule has 5 rings (SSSR count). The van der Waals surface area contributed by atoms with Gasteiger partial charge in [-0.05, 0) is 90.6 Å². The maximum absolute atomic E-state index is 6.70. The third kappa shape index (κ3) is 4.32. The van der Waals surface area contributed by atoms with Crippen molar-refractivity contribution >= 4 is 5.70 Å². The number of nitrogens with zero attached hydrogens (tertiary/aromatic N) is 3. The SMILES string of the molecule is Cc1cc(C2=CC3=C(CN2)C(N)N(Cc2ccc(-c4ccnc(C)c4)c(C)c2)C=C3)ccn1. The summed E-state index contributed by atoms with van der Waals surface area (Å²) in [4.78, 5) is 10.8. The average molecular weight is 436 g/mol. The summed E-state index contributed by atoms with van der Waals surface area (Å²) in [7, 11) is 0. The Kier molecular flexibility index (Phi) is 5.56. The van der Waals surface area contributed by atoms with E-state index in [4.69, 9.17) is 5.73 Å². The van der Waals surface area contributed by atoms with Gasteiger partial charge in [-0.15, -0.1) is 0 Å². The lowest BCUT2D eigenvalue weighted by molar-refractivity contribution is 0.296. The lowest BCUT2D eigenvalue weighted by atomic mass is 9.95. The summed E-state index contributed by atoms with van der Waals surface area (Å²) in [5.41, 5.74) is 18.4. The third-order valence-electron chi connectivity index (χ3n) is 6.37. The predicted octanol–water partition coefficient (Wildman–Crippen LogP) is 4.62. The molecule has 0 amide bonds. The van der Waals surface area contributed by atoms with Crippen LogP contribution in [-0.4, -0.2) is 27.6 Å². The van der Waals surface area contributed by atoms with Crippen molar-refractivity contribution in [2.45, 2.75) is 33.5 Å². The molecule has 5 heteroatoms. The average Bonchev–Trinajstić information content (AvgIpc) is 2.81. The number of nitrogens with one attached hydrogen (secondary N) is 1. The van der Waals surface area contributed by atoms with Crippen LogP contribution in [-0.2, 0) is 6.54 Å². The molecule has 3 N–H and O–H groups in total. The zero-order valence-electron chi connectivity index (χ0n) is 19.3. The molecule has 0 radical (unpaired) electrons. The minimum Gasteiger partial charge on any atom is -0.381 e. The number of pyridine rings is 2. The Hall–Kier alpha value is -3.70. The van der Waals surface area contributed by atoms with Gasteiger partial charge >= 0.3 is 0 Å². The molecule has 5 nitrogen and oxygen atoms in total. The molecule has 0 spiro atoms. The zero-order chi connectivity index (χ0) is 22.9. The van der Waals surface area contributed by atoms with Gasteiger partial charge in [0.1, 0.15) is 6.17 Å². The molecule has 1 atom stereocenters. The van der Waals surface area contributed by atoms with Gasteiger partial charge in [0, 0.05) is 54.3 Å². The van der Waals surface area contributed by atoms with Crippen LogP contribution in [0.15, 0.2) is 84.4 Å². The van der Waals surface area contributed by atoms with Crippen LogP contribution in [0.4, 0.5) is 0 Å². The van der Waals surface area contributed by atoms with Crippen molar-refractivity contribution in [1.29, 1.82) is 0 Å². The molecule has 0 saturated carbocycles. The van der Waals surface area contributed by atoms with Crippen LogP contribution in [0.3, 0.4) is 0 Å². The molecular weight excluding hydrogens is 406 g/mol. The number of nitrogens with two attached hydrogens (primary N) is 1. The topological polar surface area (TPSA) is 67.1 Å². The fraction of sp³-hybridized carbons (Fsp3) is 0.214. The van der Waals surface area contributed by atoms with Gasteiger partial charge in [0.2, 0.25) is 0 Å². The van der Waals surface area contributed by atoms with Crippen LogP contribution in [0.1, 0.15) is 28.1 Å². The first-order valence-electron chi connectivity index (χ1n) is 11.3. The minimum absolute atomic E-state index is 0.155. The van der Waals surface area contributed by atoms with Gasteiger partial charge < -0.3 is 16.0 Å². The Morgan fingerprint density at radius 3 is 2.42 bits per heavy atom. The highest BCUT2D eigenvalue weighted by molar-refractivity contribution is 5.71. The van der Waals surface area contributed by atoms with Crippen molar-refractivity contribution < 1.29 is 0 Å². The fourth-order valence-electron chi connectivity index (χ4n) is 4.61. The molecule has 1 aromatic carbocycles. The van der Waals surface area contributed by atoms with E-state index < -0.39 is 0 Å². The van der Waals surface area contributed by atoms with Crippen molar-refractivity contribution in [3.05, 3.63) is 112 Å². The molecule has 0 fully saturated rings. The van der Waals surface area contributed by atoms with Crippen LogP contribution in [0.2, 0.25) is 0 Å². The van der Waals surface area contributed by atoms with Crippen molar-refractivity contribution in [1.82, 2.24) is 20.2 Å². The monoisotopic (exact) mass is 435 g/mol. The second-order valence-corrected chi connectivity index (χ2v) is 8.85. The Labute approximate surface area is 195 Å². The van der Waals surface area contributed by atoms with Crippen LogP contribution >= 0.6 is 0 Å². The maximum atomic E-state index is 6.70. The number of aryl methyl sites for hydroxylation is 3. The predicted molar refractivity (Wildman–Crippen MR) is 134 cm³/mol. The summed E-state index contributed by atoms with van der Waals surface area (Å²) >= 11 is 0. The van der Waals surface area contributed by atoms with Crippen molar-refractivity contribution in [2.75, 3.05) is 6.54 Å². The Bertz CT molecular complexity index is 1300. The minimum atomic E-state index is -0.155. The van der Waals surface area contributed by atoms with E-state index in [1.54, 1.807) is 0 Å². The van der Waals surface area contributed by atoms with E-state index in [2.05, 4.69) is 81.9 Å². The Balaban J connectivity index is 1.34. The first-order valence-corrected chi connectivity index (χ1v) is 11.3. The smallest absolute Gasteiger partial charge is 0.102 e. The first-order chi connectivity index (χ1) is 16.0. The molecule has 2 aliphatic heterocycles. The maximum Gasteiger partial charge on any atom is 0.102 e. The van der Waals surface area contributed by atoms with Gasteiger partial charge in [-0.25, -0.2) is 0 Å². The van der Waals surface area contributed by atoms with Gasteiger partial charge in [0.05, 0.1) is 0 Å². The number of dihydropyridines is 1. The molecular formula is C28H29N5. The summed E-state index contributed by atoms with van der Waals surface area (Å²) < 4.78 is 0. The number of benzene rings is 1. The second kappa shape index (κ2) is 8.68. The molecule has 2 aromatic heterocycles. The van der Waals surface area contributed by atoms with E-state index in [-0.39, 0.29) is 6.17 Å². The number of aromatic nitrogens is 2. The molecule has 166 valence electrons. The summed E-state index contributed by atoms with van der Waals surface area (Å²) in [6, 6.07) is 15.0. The summed E-state index contributed by atoms with van der Waals surface area (Å²) in [5.74, 6) is 0. The third-order valence-corrected chi connectivity index (χ3v) is 6.37. The van der Waals surface area contributed by atoms with E-state index >= 15 is 0 Å².